The van der Waals surface area contributed by atoms with Gasteiger partial charge in [-0.3, -0.25) is 4.98 Å². The summed E-state index contributed by atoms with van der Waals surface area (Å²) in [6.07, 6.45) is 5.59. The molecule has 88 valence electrons. The molecule has 0 atom stereocenters. The van der Waals surface area contributed by atoms with Gasteiger partial charge in [0.15, 0.2) is 0 Å². The predicted octanol–water partition coefficient (Wildman–Crippen LogP) is 4.27. The van der Waals surface area contributed by atoms with E-state index in [9.17, 15) is 0 Å². The zero-order chi connectivity index (χ0) is 12.6. The molecule has 2 nitrogen and oxygen atoms in total. The molecule has 1 rings (SSSR count). The van der Waals surface area contributed by atoms with Crippen LogP contribution in [0, 0.1) is 6.92 Å². The van der Waals surface area contributed by atoms with Gasteiger partial charge in [-0.05, 0) is 25.0 Å². The van der Waals surface area contributed by atoms with Crippen LogP contribution in [0.15, 0.2) is 19.4 Å². The maximum atomic E-state index is 4.38. The summed E-state index contributed by atoms with van der Waals surface area (Å²) in [6.45, 7) is 15.9. The van der Waals surface area contributed by atoms with Crippen LogP contribution < -0.4 is 0 Å². The Bertz CT molecular complexity index is 354. The maximum absolute atomic E-state index is 4.38. The second kappa shape index (κ2) is 7.80. The summed E-state index contributed by atoms with van der Waals surface area (Å²) in [5.74, 6) is 0. The minimum atomic E-state index is 0.817. The fraction of sp³-hybridized carbons (Fsp3) is 0.429. The number of rotatable bonds is 3. The van der Waals surface area contributed by atoms with Crippen LogP contribution in [-0.4, -0.2) is 9.97 Å². The lowest BCUT2D eigenvalue weighted by atomic mass is 10.1. The Hall–Kier alpha value is -1.44. The minimum Gasteiger partial charge on any atom is -0.253 e. The lowest BCUT2D eigenvalue weighted by Crippen LogP contribution is -1.97. The SMILES string of the molecule is C=Cc1ncc(C)nc1C(=C)CC.CCC. The lowest BCUT2D eigenvalue weighted by molar-refractivity contribution is 1.06. The van der Waals surface area contributed by atoms with Gasteiger partial charge in [0, 0.05) is 6.20 Å². The molecular weight excluding hydrogens is 196 g/mol. The summed E-state index contributed by atoms with van der Waals surface area (Å²) in [4.78, 5) is 8.61. The van der Waals surface area contributed by atoms with Gasteiger partial charge in [0.25, 0.3) is 0 Å². The molecule has 1 heterocycles. The molecule has 0 aromatic carbocycles. The molecule has 2 heteroatoms. The molecule has 0 saturated carbocycles. The standard InChI is InChI=1S/C11H14N2.C3H8/c1-5-8(3)11-10(6-2)12-7-9(4)13-11;1-3-2/h6-7H,2-3,5H2,1,4H3;3H2,1-2H3. The summed E-state index contributed by atoms with van der Waals surface area (Å²) in [7, 11) is 0. The Morgan fingerprint density at radius 2 is 1.94 bits per heavy atom. The summed E-state index contributed by atoms with van der Waals surface area (Å²) in [5, 5.41) is 0. The van der Waals surface area contributed by atoms with Crippen LogP contribution in [0.4, 0.5) is 0 Å². The third-order valence-corrected chi connectivity index (χ3v) is 1.88. The third kappa shape index (κ3) is 4.39. The van der Waals surface area contributed by atoms with Gasteiger partial charge in [0.1, 0.15) is 0 Å². The Kier molecular flexibility index (Phi) is 7.10. The molecule has 0 amide bonds. The smallest absolute Gasteiger partial charge is 0.0915 e. The highest BCUT2D eigenvalue weighted by Gasteiger charge is 2.05. The Morgan fingerprint density at radius 3 is 2.38 bits per heavy atom. The van der Waals surface area contributed by atoms with E-state index in [1.165, 1.54) is 6.42 Å². The number of hydrogen-bond donors (Lipinski definition) is 0. The Labute approximate surface area is 99.1 Å². The molecule has 0 aliphatic heterocycles. The van der Waals surface area contributed by atoms with Crippen molar-refractivity contribution in [2.45, 2.75) is 40.5 Å². The van der Waals surface area contributed by atoms with E-state index in [4.69, 9.17) is 0 Å². The molecule has 0 bridgehead atoms. The lowest BCUT2D eigenvalue weighted by Gasteiger charge is -2.05. The van der Waals surface area contributed by atoms with Crippen LogP contribution in [0.25, 0.3) is 11.6 Å². The zero-order valence-electron chi connectivity index (χ0n) is 10.9. The number of aromatic nitrogens is 2. The highest BCUT2D eigenvalue weighted by atomic mass is 14.8. The van der Waals surface area contributed by atoms with Gasteiger partial charge in [-0.25, -0.2) is 4.98 Å². The Balaban J connectivity index is 0.000000673. The van der Waals surface area contributed by atoms with Crippen molar-refractivity contribution in [3.05, 3.63) is 36.4 Å². The van der Waals surface area contributed by atoms with Gasteiger partial charge in [-0.1, -0.05) is 40.3 Å². The average molecular weight is 218 g/mol. The molecule has 0 spiro atoms. The fourth-order valence-electron chi connectivity index (χ4n) is 1.06. The van der Waals surface area contributed by atoms with Gasteiger partial charge in [0.05, 0.1) is 17.1 Å². The van der Waals surface area contributed by atoms with Crippen molar-refractivity contribution in [2.24, 2.45) is 0 Å². The molecule has 0 fully saturated rings. The number of allylic oxidation sites excluding steroid dienone is 1. The van der Waals surface area contributed by atoms with Gasteiger partial charge < -0.3 is 0 Å². The van der Waals surface area contributed by atoms with Gasteiger partial charge in [-0.2, -0.15) is 0 Å². The van der Waals surface area contributed by atoms with Crippen molar-refractivity contribution in [2.75, 3.05) is 0 Å². The molecule has 0 aliphatic carbocycles. The van der Waals surface area contributed by atoms with Gasteiger partial charge in [0.2, 0.25) is 0 Å². The van der Waals surface area contributed by atoms with Gasteiger partial charge >= 0.3 is 0 Å². The second-order valence-electron chi connectivity index (χ2n) is 3.61. The molecule has 0 N–H and O–H groups in total. The zero-order valence-corrected chi connectivity index (χ0v) is 10.9. The second-order valence-corrected chi connectivity index (χ2v) is 3.61. The van der Waals surface area contributed by atoms with Gasteiger partial charge in [-0.15, -0.1) is 0 Å². The first-order valence-electron chi connectivity index (χ1n) is 5.74. The summed E-state index contributed by atoms with van der Waals surface area (Å²) in [6, 6.07) is 0. The molecular formula is C14H22N2. The maximum Gasteiger partial charge on any atom is 0.0915 e. The third-order valence-electron chi connectivity index (χ3n) is 1.88. The number of hydrogen-bond acceptors (Lipinski definition) is 2. The van der Waals surface area contributed by atoms with Crippen molar-refractivity contribution in [1.82, 2.24) is 9.97 Å². The number of nitrogens with zero attached hydrogens (tertiary/aromatic N) is 2. The van der Waals surface area contributed by atoms with Crippen molar-refractivity contribution in [1.29, 1.82) is 0 Å². The van der Waals surface area contributed by atoms with Crippen LogP contribution in [0.5, 0.6) is 0 Å². The summed E-state index contributed by atoms with van der Waals surface area (Å²) < 4.78 is 0. The van der Waals surface area contributed by atoms with E-state index >= 15 is 0 Å². The first-order valence-corrected chi connectivity index (χ1v) is 5.74. The fourth-order valence-corrected chi connectivity index (χ4v) is 1.06. The van der Waals surface area contributed by atoms with E-state index in [2.05, 4.69) is 43.9 Å². The van der Waals surface area contributed by atoms with E-state index in [1.54, 1.807) is 12.3 Å². The molecule has 0 radical (unpaired) electrons. The summed E-state index contributed by atoms with van der Waals surface area (Å²) >= 11 is 0. The molecule has 16 heavy (non-hydrogen) atoms. The number of aryl methyl sites for hydroxylation is 1. The average Bonchev–Trinajstić information content (AvgIpc) is 2.29. The topological polar surface area (TPSA) is 25.8 Å². The highest BCUT2D eigenvalue weighted by Crippen LogP contribution is 2.17. The van der Waals surface area contributed by atoms with E-state index in [-0.39, 0.29) is 0 Å². The van der Waals surface area contributed by atoms with Crippen LogP contribution in [0.1, 0.15) is 50.7 Å². The molecule has 0 saturated heterocycles. The first-order chi connectivity index (χ1) is 7.60. The first kappa shape index (κ1) is 14.6. The Morgan fingerprint density at radius 1 is 1.38 bits per heavy atom. The highest BCUT2D eigenvalue weighted by molar-refractivity contribution is 5.67. The molecule has 1 aromatic rings. The van der Waals surface area contributed by atoms with Crippen LogP contribution in [-0.2, 0) is 0 Å². The van der Waals surface area contributed by atoms with Crippen LogP contribution in [0.2, 0.25) is 0 Å². The van der Waals surface area contributed by atoms with E-state index in [0.717, 1.165) is 29.1 Å². The van der Waals surface area contributed by atoms with Crippen LogP contribution >= 0.6 is 0 Å². The van der Waals surface area contributed by atoms with E-state index in [0.29, 0.717) is 0 Å². The minimum absolute atomic E-state index is 0.817. The van der Waals surface area contributed by atoms with Crippen molar-refractivity contribution in [3.8, 4) is 0 Å². The quantitative estimate of drug-likeness (QED) is 0.757. The van der Waals surface area contributed by atoms with Crippen LogP contribution in [0.3, 0.4) is 0 Å². The molecule has 1 aromatic heterocycles. The summed E-state index contributed by atoms with van der Waals surface area (Å²) in [5.41, 5.74) is 3.61. The largest absolute Gasteiger partial charge is 0.253 e. The van der Waals surface area contributed by atoms with Crippen molar-refractivity contribution < 1.29 is 0 Å². The van der Waals surface area contributed by atoms with E-state index < -0.39 is 0 Å². The van der Waals surface area contributed by atoms with Crippen molar-refractivity contribution in [3.63, 3.8) is 0 Å². The molecule has 0 unspecified atom stereocenters. The van der Waals surface area contributed by atoms with E-state index in [1.807, 2.05) is 6.92 Å². The normalized spacial score (nSPS) is 9.00. The monoisotopic (exact) mass is 218 g/mol. The predicted molar refractivity (Wildman–Crippen MR) is 72.2 cm³/mol. The molecule has 0 aliphatic rings. The van der Waals surface area contributed by atoms with Crippen molar-refractivity contribution >= 4 is 11.6 Å².